The molecule has 3 atom stereocenters. The molecule has 0 saturated carbocycles. The van der Waals surface area contributed by atoms with Crippen molar-refractivity contribution in [1.29, 1.82) is 0 Å². The molecule has 0 radical (unpaired) electrons. The van der Waals surface area contributed by atoms with Crippen LogP contribution in [0.2, 0.25) is 0 Å². The molecule has 1 aromatic heterocycles. The molecule has 4 rings (SSSR count). The van der Waals surface area contributed by atoms with Crippen molar-refractivity contribution in [2.75, 3.05) is 6.54 Å². The number of halogens is 3. The number of benzene rings is 2. The van der Waals surface area contributed by atoms with E-state index in [0.29, 0.717) is 6.54 Å². The highest BCUT2D eigenvalue weighted by molar-refractivity contribution is 7.18. The van der Waals surface area contributed by atoms with Crippen LogP contribution in [0.4, 0.5) is 13.2 Å². The van der Waals surface area contributed by atoms with Crippen LogP contribution in [0.5, 0.6) is 0 Å². The lowest BCUT2D eigenvalue weighted by molar-refractivity contribution is -0.138. The molecule has 1 aliphatic heterocycles. The topological polar surface area (TPSA) is 79.4 Å². The minimum atomic E-state index is -4.36. The Bertz CT molecular complexity index is 1260. The number of carbonyl (C=O) groups excluding carboxylic acids is 3. The van der Waals surface area contributed by atoms with Gasteiger partial charge >= 0.3 is 6.18 Å². The van der Waals surface area contributed by atoms with E-state index in [1.54, 1.807) is 4.90 Å². The number of hydrogen-bond acceptors (Lipinski definition) is 5. The zero-order chi connectivity index (χ0) is 28.0. The van der Waals surface area contributed by atoms with Crippen molar-refractivity contribution in [3.05, 3.63) is 65.2 Å². The van der Waals surface area contributed by atoms with E-state index in [2.05, 4.69) is 10.3 Å². The van der Waals surface area contributed by atoms with Crippen LogP contribution in [-0.4, -0.2) is 46.2 Å². The van der Waals surface area contributed by atoms with Crippen molar-refractivity contribution in [2.24, 2.45) is 0 Å². The number of Topliss-reactive ketones (excluding diaryl/α,β-unsaturated/α-hetero) is 1. The summed E-state index contributed by atoms with van der Waals surface area (Å²) in [6.45, 7) is 2.41. The van der Waals surface area contributed by atoms with Gasteiger partial charge in [-0.05, 0) is 37.0 Å². The number of carbonyl (C=O) groups is 3. The molecule has 0 bridgehead atoms. The molecular weight excluding hydrogens is 527 g/mol. The van der Waals surface area contributed by atoms with E-state index >= 15 is 0 Å². The maximum atomic E-state index is 13.4. The molecule has 0 aliphatic carbocycles. The molecule has 208 valence electrons. The second-order valence-corrected chi connectivity index (χ2v) is 11.1. The average Bonchev–Trinajstić information content (AvgIpc) is 3.56. The molecule has 2 heterocycles. The Morgan fingerprint density at radius 2 is 1.79 bits per heavy atom. The van der Waals surface area contributed by atoms with Gasteiger partial charge in [-0.25, -0.2) is 4.98 Å². The molecular formula is C29H32F3N3O3S. The number of likely N-dealkylation sites (tertiary alicyclic amines) is 1. The van der Waals surface area contributed by atoms with E-state index in [4.69, 9.17) is 0 Å². The number of rotatable bonds is 11. The smallest absolute Gasteiger partial charge is 0.346 e. The van der Waals surface area contributed by atoms with Crippen LogP contribution in [0.15, 0.2) is 54.6 Å². The van der Waals surface area contributed by atoms with Gasteiger partial charge in [0.05, 0.1) is 33.7 Å². The maximum absolute atomic E-state index is 13.4. The van der Waals surface area contributed by atoms with Gasteiger partial charge in [-0.1, -0.05) is 49.4 Å². The van der Waals surface area contributed by atoms with Crippen LogP contribution in [-0.2, 0) is 14.4 Å². The number of ketones is 1. The zero-order valence-corrected chi connectivity index (χ0v) is 22.6. The van der Waals surface area contributed by atoms with Gasteiger partial charge in [0.2, 0.25) is 11.8 Å². The maximum Gasteiger partial charge on any atom is 0.389 e. The summed E-state index contributed by atoms with van der Waals surface area (Å²) in [7, 11) is 0. The first-order chi connectivity index (χ1) is 18.6. The monoisotopic (exact) mass is 559 g/mol. The van der Waals surface area contributed by atoms with Gasteiger partial charge in [-0.15, -0.1) is 11.3 Å². The van der Waals surface area contributed by atoms with Crippen molar-refractivity contribution in [2.45, 2.75) is 76.0 Å². The normalized spacial score (nSPS) is 17.2. The molecule has 3 aromatic rings. The van der Waals surface area contributed by atoms with Crippen LogP contribution < -0.4 is 5.32 Å². The van der Waals surface area contributed by atoms with Crippen molar-refractivity contribution < 1.29 is 27.6 Å². The Hall–Kier alpha value is -3.27. The van der Waals surface area contributed by atoms with Crippen molar-refractivity contribution in [3.8, 4) is 0 Å². The second kappa shape index (κ2) is 12.7. The van der Waals surface area contributed by atoms with Gasteiger partial charge in [-0.2, -0.15) is 13.2 Å². The van der Waals surface area contributed by atoms with E-state index in [-0.39, 0.29) is 49.3 Å². The fourth-order valence-electron chi connectivity index (χ4n) is 4.97. The van der Waals surface area contributed by atoms with Crippen LogP contribution in [0, 0.1) is 0 Å². The molecule has 1 fully saturated rings. The predicted octanol–water partition coefficient (Wildman–Crippen LogP) is 6.33. The summed E-state index contributed by atoms with van der Waals surface area (Å²) < 4.78 is 38.7. The number of hydrogen-bond donors (Lipinski definition) is 1. The van der Waals surface area contributed by atoms with Gasteiger partial charge < -0.3 is 10.2 Å². The van der Waals surface area contributed by atoms with Crippen LogP contribution >= 0.6 is 11.3 Å². The minimum absolute atomic E-state index is 0.0444. The Balaban J connectivity index is 1.46. The number of nitrogens with zero attached hydrogens (tertiary/aromatic N) is 2. The van der Waals surface area contributed by atoms with E-state index in [0.717, 1.165) is 33.6 Å². The molecule has 1 saturated heterocycles. The molecule has 1 N–H and O–H groups in total. The van der Waals surface area contributed by atoms with Crippen molar-refractivity contribution >= 4 is 39.2 Å². The number of alkyl halides is 3. The van der Waals surface area contributed by atoms with Gasteiger partial charge in [0, 0.05) is 31.7 Å². The van der Waals surface area contributed by atoms with Crippen molar-refractivity contribution in [3.63, 3.8) is 0 Å². The summed E-state index contributed by atoms with van der Waals surface area (Å²) >= 11 is 1.49. The number of thiazole rings is 1. The molecule has 2 amide bonds. The van der Waals surface area contributed by atoms with Gasteiger partial charge in [0.15, 0.2) is 5.78 Å². The average molecular weight is 560 g/mol. The molecule has 2 aromatic carbocycles. The summed E-state index contributed by atoms with van der Waals surface area (Å²) in [4.78, 5) is 45.7. The summed E-state index contributed by atoms with van der Waals surface area (Å²) in [5.41, 5.74) is 1.84. The quantitative estimate of drug-likeness (QED) is 0.298. The molecule has 0 unspecified atom stereocenters. The number of nitrogens with one attached hydrogen (secondary N) is 1. The summed E-state index contributed by atoms with van der Waals surface area (Å²) in [5.74, 6) is -1.52. The Labute approximate surface area is 229 Å². The molecule has 39 heavy (non-hydrogen) atoms. The lowest BCUT2D eigenvalue weighted by Gasteiger charge is -2.27. The highest BCUT2D eigenvalue weighted by Crippen LogP contribution is 2.33. The number of para-hydroxylation sites is 1. The second-order valence-electron chi connectivity index (χ2n) is 10.0. The lowest BCUT2D eigenvalue weighted by atomic mass is 9.97. The first-order valence-electron chi connectivity index (χ1n) is 13.2. The van der Waals surface area contributed by atoms with E-state index in [1.807, 2.05) is 61.5 Å². The van der Waals surface area contributed by atoms with Crippen molar-refractivity contribution in [1.82, 2.24) is 15.2 Å². The Kier molecular flexibility index (Phi) is 9.37. The summed E-state index contributed by atoms with van der Waals surface area (Å²) in [5, 5.41) is 3.35. The molecule has 0 spiro atoms. The first-order valence-corrected chi connectivity index (χ1v) is 14.0. The summed E-state index contributed by atoms with van der Waals surface area (Å²) in [6, 6.07) is 16.1. The van der Waals surface area contributed by atoms with Gasteiger partial charge in [-0.3, -0.25) is 14.4 Å². The van der Waals surface area contributed by atoms with Gasteiger partial charge in [0.1, 0.15) is 0 Å². The third-order valence-electron chi connectivity index (χ3n) is 6.96. The van der Waals surface area contributed by atoms with E-state index in [1.165, 1.54) is 11.3 Å². The first kappa shape index (κ1) is 28.7. The molecule has 10 heteroatoms. The largest absolute Gasteiger partial charge is 0.389 e. The SMILES string of the molecule is C[C@H](CC(=O)[C@H](CC(=O)N1CCC[C@@H]1c1ccccc1)NC(=O)CCCC(F)(F)F)c1nc2ccccc2s1. The highest BCUT2D eigenvalue weighted by Gasteiger charge is 2.34. The minimum Gasteiger partial charge on any atom is -0.346 e. The fraction of sp³-hybridized carbons (Fsp3) is 0.448. The van der Waals surface area contributed by atoms with Crippen LogP contribution in [0.1, 0.15) is 74.4 Å². The Morgan fingerprint density at radius 3 is 2.51 bits per heavy atom. The standard InChI is InChI=1S/C29H32F3N3O3S/c1-19(28-34-21-11-5-6-13-25(21)39-28)17-24(36)22(33-26(37)14-7-15-29(30,31)32)18-27(38)35-16-8-12-23(35)20-9-3-2-4-10-20/h2-6,9-11,13,19,22-23H,7-8,12,14-18H2,1H3,(H,33,37)/t19-,22+,23-/m1/s1. The van der Waals surface area contributed by atoms with Crippen LogP contribution in [0.25, 0.3) is 10.2 Å². The summed E-state index contributed by atoms with van der Waals surface area (Å²) in [6.07, 6.45) is -4.77. The van der Waals surface area contributed by atoms with E-state index in [9.17, 15) is 27.6 Å². The number of amides is 2. The fourth-order valence-corrected chi connectivity index (χ4v) is 5.99. The predicted molar refractivity (Wildman–Crippen MR) is 144 cm³/mol. The zero-order valence-electron chi connectivity index (χ0n) is 21.7. The Morgan fingerprint density at radius 1 is 1.08 bits per heavy atom. The van der Waals surface area contributed by atoms with E-state index < -0.39 is 24.5 Å². The number of fused-ring (bicyclic) bond motifs is 1. The van der Waals surface area contributed by atoms with Crippen LogP contribution in [0.3, 0.4) is 0 Å². The highest BCUT2D eigenvalue weighted by atomic mass is 32.1. The molecule has 1 aliphatic rings. The third kappa shape index (κ3) is 7.88. The lowest BCUT2D eigenvalue weighted by Crippen LogP contribution is -2.45. The van der Waals surface area contributed by atoms with Gasteiger partial charge in [0.25, 0.3) is 0 Å². The number of aromatic nitrogens is 1. The molecule has 6 nitrogen and oxygen atoms in total. The third-order valence-corrected chi connectivity index (χ3v) is 8.23.